The number of nitrogens with zero attached hydrogens (tertiary/aromatic N) is 2. The molecule has 1 aromatic carbocycles. The van der Waals surface area contributed by atoms with Gasteiger partial charge in [-0.1, -0.05) is 6.07 Å². The van der Waals surface area contributed by atoms with Crippen LogP contribution in [-0.4, -0.2) is 28.7 Å². The Labute approximate surface area is 112 Å². The van der Waals surface area contributed by atoms with Crippen LogP contribution in [-0.2, 0) is 20.0 Å². The van der Waals surface area contributed by atoms with E-state index < -0.39 is 18.5 Å². The second-order valence-electron chi connectivity index (χ2n) is 5.05. The molecule has 0 amide bonds. The van der Waals surface area contributed by atoms with Crippen LogP contribution in [0.5, 0.6) is 0 Å². The molecule has 0 N–H and O–H groups in total. The lowest BCUT2D eigenvalue weighted by Crippen LogP contribution is -2.38. The van der Waals surface area contributed by atoms with Crippen molar-refractivity contribution in [3.63, 3.8) is 0 Å². The van der Waals surface area contributed by atoms with Gasteiger partial charge < -0.3 is 4.42 Å². The summed E-state index contributed by atoms with van der Waals surface area (Å²) in [5.41, 5.74) is 2.82. The van der Waals surface area contributed by atoms with Crippen molar-refractivity contribution in [2.24, 2.45) is 7.05 Å². The summed E-state index contributed by atoms with van der Waals surface area (Å²) >= 11 is 0. The highest BCUT2D eigenvalue weighted by Gasteiger charge is 2.32. The molecule has 1 aliphatic rings. The Morgan fingerprint density at radius 2 is 2.10 bits per heavy atom. The summed E-state index contributed by atoms with van der Waals surface area (Å²) in [6.45, 7) is -0.378. The van der Waals surface area contributed by atoms with Gasteiger partial charge in [0.25, 0.3) is 0 Å². The van der Waals surface area contributed by atoms with Crippen LogP contribution in [0.2, 0.25) is 0 Å². The van der Waals surface area contributed by atoms with Gasteiger partial charge in [-0.3, -0.25) is 9.47 Å². The molecule has 0 aliphatic carbocycles. The number of halogens is 3. The highest BCUT2D eigenvalue weighted by molar-refractivity contribution is 5.78. The fraction of sp³-hybridized carbons (Fsp3) is 0.462. The van der Waals surface area contributed by atoms with E-state index in [2.05, 4.69) is 0 Å². The smallest absolute Gasteiger partial charge is 0.407 e. The number of fused-ring (bicyclic) bond motifs is 3. The molecule has 2 aromatic rings. The van der Waals surface area contributed by atoms with Gasteiger partial charge in [0.15, 0.2) is 5.58 Å². The first kappa shape index (κ1) is 13.2. The lowest BCUT2D eigenvalue weighted by Gasteiger charge is -2.29. The Morgan fingerprint density at radius 3 is 2.80 bits per heavy atom. The zero-order valence-corrected chi connectivity index (χ0v) is 10.8. The number of rotatable bonds is 1. The third-order valence-electron chi connectivity index (χ3n) is 3.64. The second-order valence-corrected chi connectivity index (χ2v) is 5.05. The summed E-state index contributed by atoms with van der Waals surface area (Å²) in [4.78, 5) is 12.9. The first-order chi connectivity index (χ1) is 9.35. The van der Waals surface area contributed by atoms with E-state index in [4.69, 9.17) is 4.42 Å². The standard InChI is InChI=1S/C13H13F3N2O2/c1-17-10-3-2-8-6-18(7-13(14,15)16)5-4-9(8)11(10)20-12(17)19/h2-3H,4-7H2,1H3. The molecule has 4 nitrogen and oxygen atoms in total. The Morgan fingerprint density at radius 1 is 1.35 bits per heavy atom. The van der Waals surface area contributed by atoms with E-state index in [0.29, 0.717) is 24.1 Å². The predicted molar refractivity (Wildman–Crippen MR) is 66.5 cm³/mol. The van der Waals surface area contributed by atoms with Crippen LogP contribution >= 0.6 is 0 Å². The Balaban J connectivity index is 1.98. The van der Waals surface area contributed by atoms with Crippen LogP contribution in [0.3, 0.4) is 0 Å². The van der Waals surface area contributed by atoms with Gasteiger partial charge in [0, 0.05) is 25.7 Å². The number of oxazole rings is 1. The van der Waals surface area contributed by atoms with Crippen molar-refractivity contribution in [3.05, 3.63) is 33.8 Å². The average molecular weight is 286 g/mol. The molecule has 0 fully saturated rings. The first-order valence-corrected chi connectivity index (χ1v) is 6.24. The lowest BCUT2D eigenvalue weighted by molar-refractivity contribution is -0.147. The zero-order valence-electron chi connectivity index (χ0n) is 10.8. The largest absolute Gasteiger partial charge is 0.419 e. The van der Waals surface area contributed by atoms with Crippen LogP contribution < -0.4 is 5.76 Å². The third kappa shape index (κ3) is 2.22. The molecular weight excluding hydrogens is 273 g/mol. The summed E-state index contributed by atoms with van der Waals surface area (Å²) < 4.78 is 43.9. The highest BCUT2D eigenvalue weighted by atomic mass is 19.4. The second kappa shape index (κ2) is 4.37. The van der Waals surface area contributed by atoms with Gasteiger partial charge in [-0.2, -0.15) is 13.2 Å². The van der Waals surface area contributed by atoms with Gasteiger partial charge in [0.1, 0.15) is 0 Å². The minimum atomic E-state index is -4.19. The zero-order chi connectivity index (χ0) is 14.5. The minimum absolute atomic E-state index is 0.226. The van der Waals surface area contributed by atoms with Crippen molar-refractivity contribution in [1.29, 1.82) is 0 Å². The number of aromatic nitrogens is 1. The maximum Gasteiger partial charge on any atom is 0.419 e. The molecular formula is C13H13F3N2O2. The van der Waals surface area contributed by atoms with E-state index in [1.54, 1.807) is 19.2 Å². The monoisotopic (exact) mass is 286 g/mol. The molecule has 2 heterocycles. The van der Waals surface area contributed by atoms with Crippen LogP contribution in [0.4, 0.5) is 13.2 Å². The predicted octanol–water partition coefficient (Wildman–Crippen LogP) is 2.05. The fourth-order valence-electron chi connectivity index (χ4n) is 2.69. The van der Waals surface area contributed by atoms with Gasteiger partial charge >= 0.3 is 11.9 Å². The Kier molecular flexibility index (Phi) is 2.89. The van der Waals surface area contributed by atoms with Gasteiger partial charge in [-0.25, -0.2) is 4.79 Å². The summed E-state index contributed by atoms with van der Waals surface area (Å²) in [6.07, 6.45) is -3.74. The summed E-state index contributed by atoms with van der Waals surface area (Å²) in [5.74, 6) is -0.453. The van der Waals surface area contributed by atoms with Gasteiger partial charge in [0.05, 0.1) is 12.1 Å². The summed E-state index contributed by atoms with van der Waals surface area (Å²) in [7, 11) is 1.61. The summed E-state index contributed by atoms with van der Waals surface area (Å²) in [6, 6.07) is 3.49. The molecule has 0 bridgehead atoms. The SMILES string of the molecule is Cn1c(=O)oc2c3c(ccc21)CN(CC(F)(F)F)CC3. The summed E-state index contributed by atoms with van der Waals surface area (Å²) in [5, 5.41) is 0. The van der Waals surface area contributed by atoms with E-state index in [1.165, 1.54) is 9.47 Å². The van der Waals surface area contributed by atoms with Crippen LogP contribution in [0.25, 0.3) is 11.1 Å². The molecule has 0 atom stereocenters. The molecule has 0 saturated heterocycles. The van der Waals surface area contributed by atoms with E-state index in [1.807, 2.05) is 0 Å². The van der Waals surface area contributed by atoms with Gasteiger partial charge in [-0.15, -0.1) is 0 Å². The minimum Gasteiger partial charge on any atom is -0.407 e. The molecule has 0 saturated carbocycles. The molecule has 0 unspecified atom stereocenters. The van der Waals surface area contributed by atoms with Gasteiger partial charge in [0.2, 0.25) is 0 Å². The topological polar surface area (TPSA) is 38.4 Å². The van der Waals surface area contributed by atoms with E-state index in [0.717, 1.165) is 11.1 Å². The molecule has 0 spiro atoms. The van der Waals surface area contributed by atoms with Crippen LogP contribution in [0, 0.1) is 0 Å². The van der Waals surface area contributed by atoms with Gasteiger partial charge in [-0.05, 0) is 18.1 Å². The number of hydrogen-bond acceptors (Lipinski definition) is 3. The number of aryl methyl sites for hydroxylation is 1. The van der Waals surface area contributed by atoms with E-state index >= 15 is 0 Å². The van der Waals surface area contributed by atoms with Crippen molar-refractivity contribution in [2.75, 3.05) is 13.1 Å². The van der Waals surface area contributed by atoms with Crippen molar-refractivity contribution < 1.29 is 17.6 Å². The van der Waals surface area contributed by atoms with E-state index in [9.17, 15) is 18.0 Å². The van der Waals surface area contributed by atoms with Crippen molar-refractivity contribution in [1.82, 2.24) is 9.47 Å². The van der Waals surface area contributed by atoms with Crippen LogP contribution in [0.1, 0.15) is 11.1 Å². The molecule has 108 valence electrons. The fourth-order valence-corrected chi connectivity index (χ4v) is 2.69. The molecule has 0 radical (unpaired) electrons. The number of alkyl halides is 3. The quantitative estimate of drug-likeness (QED) is 0.805. The molecule has 7 heteroatoms. The first-order valence-electron chi connectivity index (χ1n) is 6.24. The Hall–Kier alpha value is -1.76. The maximum atomic E-state index is 12.4. The average Bonchev–Trinajstić information content (AvgIpc) is 2.63. The van der Waals surface area contributed by atoms with E-state index in [-0.39, 0.29) is 6.54 Å². The molecule has 1 aliphatic heterocycles. The number of hydrogen-bond donors (Lipinski definition) is 0. The van der Waals surface area contributed by atoms with Crippen molar-refractivity contribution in [3.8, 4) is 0 Å². The third-order valence-corrected chi connectivity index (χ3v) is 3.64. The van der Waals surface area contributed by atoms with Crippen LogP contribution in [0.15, 0.2) is 21.3 Å². The van der Waals surface area contributed by atoms with Crippen molar-refractivity contribution in [2.45, 2.75) is 19.1 Å². The molecule has 3 rings (SSSR count). The maximum absolute atomic E-state index is 12.4. The lowest BCUT2D eigenvalue weighted by atomic mass is 9.98. The molecule has 1 aromatic heterocycles. The highest BCUT2D eigenvalue weighted by Crippen LogP contribution is 2.28. The Bertz CT molecular complexity index is 715. The van der Waals surface area contributed by atoms with Crippen molar-refractivity contribution >= 4 is 11.1 Å². The normalized spacial score (nSPS) is 16.6. The number of benzene rings is 1. The molecule has 20 heavy (non-hydrogen) atoms.